The number of benzene rings is 1. The van der Waals surface area contributed by atoms with Crippen LogP contribution in [-0.2, 0) is 13.6 Å². The number of hydrogen-bond donors (Lipinski definition) is 1. The second-order valence-corrected chi connectivity index (χ2v) is 6.44. The number of para-hydroxylation sites is 1. The third kappa shape index (κ3) is 2.78. The summed E-state index contributed by atoms with van der Waals surface area (Å²) in [5.41, 5.74) is 2.14. The van der Waals surface area contributed by atoms with Gasteiger partial charge in [0.05, 0.1) is 12.7 Å². The summed E-state index contributed by atoms with van der Waals surface area (Å²) in [6, 6.07) is 10.2. The Balaban J connectivity index is 1.51. The Morgan fingerprint density at radius 2 is 2.17 bits per heavy atom. The van der Waals surface area contributed by atoms with Crippen LogP contribution in [0.5, 0.6) is 0 Å². The van der Waals surface area contributed by atoms with Gasteiger partial charge in [-0.1, -0.05) is 18.2 Å². The van der Waals surface area contributed by atoms with Gasteiger partial charge in [-0.15, -0.1) is 0 Å². The zero-order valence-electron chi connectivity index (χ0n) is 13.2. The minimum Gasteiger partial charge on any atom is -0.460 e. The molecule has 4 rings (SSSR count). The molecule has 0 radical (unpaired) electrons. The second kappa shape index (κ2) is 5.83. The van der Waals surface area contributed by atoms with E-state index in [1.807, 2.05) is 36.1 Å². The number of aryl methyl sites for hydroxylation is 1. The maximum atomic E-state index is 9.73. The molecule has 23 heavy (non-hydrogen) atoms. The van der Waals surface area contributed by atoms with Gasteiger partial charge in [0, 0.05) is 50.2 Å². The molecule has 2 aromatic heterocycles. The van der Waals surface area contributed by atoms with Crippen LogP contribution < -0.4 is 0 Å². The van der Waals surface area contributed by atoms with Gasteiger partial charge in [0.1, 0.15) is 11.3 Å². The lowest BCUT2D eigenvalue weighted by molar-refractivity contribution is 0.211. The Hall–Kier alpha value is -2.11. The van der Waals surface area contributed by atoms with Crippen LogP contribution in [0.2, 0.25) is 0 Å². The first-order valence-electron chi connectivity index (χ1n) is 8.02. The Bertz CT molecular complexity index is 774. The van der Waals surface area contributed by atoms with Crippen molar-refractivity contribution in [3.63, 3.8) is 0 Å². The van der Waals surface area contributed by atoms with Gasteiger partial charge in [0.2, 0.25) is 0 Å². The maximum Gasteiger partial charge on any atom is 0.134 e. The smallest absolute Gasteiger partial charge is 0.134 e. The van der Waals surface area contributed by atoms with Crippen molar-refractivity contribution < 1.29 is 9.52 Å². The van der Waals surface area contributed by atoms with Gasteiger partial charge in [-0.25, -0.2) is 0 Å². The van der Waals surface area contributed by atoms with E-state index in [4.69, 9.17) is 4.42 Å². The third-order valence-corrected chi connectivity index (χ3v) is 4.76. The van der Waals surface area contributed by atoms with Crippen LogP contribution in [0.1, 0.15) is 17.2 Å². The van der Waals surface area contributed by atoms with Gasteiger partial charge in [0.15, 0.2) is 0 Å². The highest BCUT2D eigenvalue weighted by molar-refractivity contribution is 5.77. The van der Waals surface area contributed by atoms with Crippen LogP contribution in [-0.4, -0.2) is 39.5 Å². The van der Waals surface area contributed by atoms with Crippen LogP contribution in [0.25, 0.3) is 11.0 Å². The summed E-state index contributed by atoms with van der Waals surface area (Å²) in [5.74, 6) is 1.57. The summed E-state index contributed by atoms with van der Waals surface area (Å²) in [6.07, 6.45) is 3.97. The van der Waals surface area contributed by atoms with Crippen molar-refractivity contribution in [2.45, 2.75) is 12.5 Å². The predicted octanol–water partition coefficient (Wildman–Crippen LogP) is 2.37. The van der Waals surface area contributed by atoms with Crippen molar-refractivity contribution in [3.8, 4) is 0 Å². The summed E-state index contributed by atoms with van der Waals surface area (Å²) in [5, 5.41) is 15.1. The van der Waals surface area contributed by atoms with E-state index >= 15 is 0 Å². The molecule has 1 aromatic carbocycles. The van der Waals surface area contributed by atoms with Crippen molar-refractivity contribution in [3.05, 3.63) is 54.0 Å². The number of aliphatic hydroxyl groups excluding tert-OH is 1. The van der Waals surface area contributed by atoms with Gasteiger partial charge < -0.3 is 9.52 Å². The molecule has 0 spiro atoms. The normalized spacial score (nSPS) is 22.2. The summed E-state index contributed by atoms with van der Waals surface area (Å²) >= 11 is 0. The van der Waals surface area contributed by atoms with Crippen LogP contribution in [0.4, 0.5) is 0 Å². The monoisotopic (exact) mass is 311 g/mol. The Labute approximate surface area is 135 Å². The van der Waals surface area contributed by atoms with Crippen molar-refractivity contribution in [2.24, 2.45) is 13.0 Å². The quantitative estimate of drug-likeness (QED) is 0.804. The molecular weight excluding hydrogens is 290 g/mol. The lowest BCUT2D eigenvalue weighted by Gasteiger charge is -2.13. The number of rotatable bonds is 4. The van der Waals surface area contributed by atoms with Gasteiger partial charge in [0.25, 0.3) is 0 Å². The second-order valence-electron chi connectivity index (χ2n) is 6.44. The summed E-state index contributed by atoms with van der Waals surface area (Å²) in [4.78, 5) is 2.36. The SMILES string of the molecule is Cn1cc([C@@H]2CN(Cc3cc4ccccc4o3)C[C@H]2CO)cn1. The molecule has 5 nitrogen and oxygen atoms in total. The molecule has 1 fully saturated rings. The molecule has 1 N–H and O–H groups in total. The Morgan fingerprint density at radius 1 is 1.30 bits per heavy atom. The highest BCUT2D eigenvalue weighted by atomic mass is 16.3. The first-order valence-corrected chi connectivity index (χ1v) is 8.02. The number of furan rings is 1. The first-order chi connectivity index (χ1) is 11.2. The molecule has 120 valence electrons. The molecule has 1 saturated heterocycles. The van der Waals surface area contributed by atoms with E-state index in [0.29, 0.717) is 5.92 Å². The highest BCUT2D eigenvalue weighted by Gasteiger charge is 2.34. The van der Waals surface area contributed by atoms with Gasteiger partial charge in [-0.3, -0.25) is 9.58 Å². The molecular formula is C18H21N3O2. The molecule has 1 aliphatic rings. The molecule has 3 aromatic rings. The van der Waals surface area contributed by atoms with E-state index in [1.165, 1.54) is 5.56 Å². The Kier molecular flexibility index (Phi) is 3.67. The van der Waals surface area contributed by atoms with Crippen LogP contribution in [0.15, 0.2) is 47.1 Å². The van der Waals surface area contributed by atoms with E-state index in [9.17, 15) is 5.11 Å². The summed E-state index contributed by atoms with van der Waals surface area (Å²) < 4.78 is 7.75. The average Bonchev–Trinajstić information content (AvgIpc) is 3.24. The molecule has 0 amide bonds. The molecule has 2 atom stereocenters. The number of nitrogens with zero attached hydrogens (tertiary/aromatic N) is 3. The largest absolute Gasteiger partial charge is 0.460 e. The summed E-state index contributed by atoms with van der Waals surface area (Å²) in [6.45, 7) is 2.79. The number of aromatic nitrogens is 2. The summed E-state index contributed by atoms with van der Waals surface area (Å²) in [7, 11) is 1.93. The predicted molar refractivity (Wildman–Crippen MR) is 88.0 cm³/mol. The van der Waals surface area contributed by atoms with Crippen LogP contribution in [0.3, 0.4) is 0 Å². The third-order valence-electron chi connectivity index (χ3n) is 4.76. The zero-order valence-corrected chi connectivity index (χ0v) is 13.2. The van der Waals surface area contributed by atoms with Crippen LogP contribution >= 0.6 is 0 Å². The topological polar surface area (TPSA) is 54.4 Å². The van der Waals surface area contributed by atoms with Gasteiger partial charge >= 0.3 is 0 Å². The van der Waals surface area contributed by atoms with E-state index in [-0.39, 0.29) is 12.5 Å². The van der Waals surface area contributed by atoms with E-state index < -0.39 is 0 Å². The maximum absolute atomic E-state index is 9.73. The molecule has 0 bridgehead atoms. The Morgan fingerprint density at radius 3 is 2.91 bits per heavy atom. The first kappa shape index (κ1) is 14.5. The molecule has 0 aliphatic carbocycles. The zero-order chi connectivity index (χ0) is 15.8. The minimum atomic E-state index is 0.205. The average molecular weight is 311 g/mol. The number of fused-ring (bicyclic) bond motifs is 1. The van der Waals surface area contributed by atoms with E-state index in [1.54, 1.807) is 0 Å². The molecule has 3 heterocycles. The fourth-order valence-corrected chi connectivity index (χ4v) is 3.62. The molecule has 0 unspecified atom stereocenters. The lowest BCUT2D eigenvalue weighted by Crippen LogP contribution is -2.20. The fraction of sp³-hybridized carbons (Fsp3) is 0.389. The standard InChI is InChI=1S/C18H21N3O2/c1-20-8-14(7-19-20)17-11-21(9-15(17)12-22)10-16-6-13-4-2-3-5-18(13)23-16/h2-8,15,17,22H,9-12H2,1H3/t15-,17-/m0/s1. The van der Waals surface area contributed by atoms with Crippen molar-refractivity contribution in [1.82, 2.24) is 14.7 Å². The number of aliphatic hydroxyl groups is 1. The van der Waals surface area contributed by atoms with Crippen LogP contribution in [0, 0.1) is 5.92 Å². The molecule has 5 heteroatoms. The van der Waals surface area contributed by atoms with E-state index in [0.717, 1.165) is 36.4 Å². The van der Waals surface area contributed by atoms with Crippen molar-refractivity contribution in [1.29, 1.82) is 0 Å². The number of likely N-dealkylation sites (tertiary alicyclic amines) is 1. The molecule has 1 aliphatic heterocycles. The van der Waals surface area contributed by atoms with Gasteiger partial charge in [-0.2, -0.15) is 5.10 Å². The fourth-order valence-electron chi connectivity index (χ4n) is 3.62. The highest BCUT2D eigenvalue weighted by Crippen LogP contribution is 2.33. The lowest BCUT2D eigenvalue weighted by atomic mass is 9.92. The molecule has 0 saturated carbocycles. The number of hydrogen-bond acceptors (Lipinski definition) is 4. The van der Waals surface area contributed by atoms with Crippen molar-refractivity contribution in [2.75, 3.05) is 19.7 Å². The minimum absolute atomic E-state index is 0.205. The van der Waals surface area contributed by atoms with E-state index in [2.05, 4.69) is 28.3 Å². The van der Waals surface area contributed by atoms with Gasteiger partial charge in [-0.05, 0) is 17.7 Å². The van der Waals surface area contributed by atoms with Crippen molar-refractivity contribution >= 4 is 11.0 Å².